The maximum Gasteiger partial charge on any atom is 0.308 e. The number of rotatable bonds is 7. The summed E-state index contributed by atoms with van der Waals surface area (Å²) in [5, 5.41) is 1.74. The van der Waals surface area contributed by atoms with Gasteiger partial charge < -0.3 is 23.8 Å². The maximum atomic E-state index is 13.7. The minimum Gasteiger partial charge on any atom is -0.494 e. The molecule has 0 unspecified atom stereocenters. The van der Waals surface area contributed by atoms with Crippen molar-refractivity contribution in [1.29, 1.82) is 0 Å². The van der Waals surface area contributed by atoms with Gasteiger partial charge in [-0.05, 0) is 26.0 Å². The van der Waals surface area contributed by atoms with Crippen LogP contribution in [0.4, 0.5) is 5.69 Å². The van der Waals surface area contributed by atoms with Crippen LogP contribution in [0.2, 0.25) is 0 Å². The van der Waals surface area contributed by atoms with Crippen LogP contribution in [-0.2, 0) is 11.3 Å². The predicted octanol–water partition coefficient (Wildman–Crippen LogP) is 4.73. The molecule has 0 bridgehead atoms. The summed E-state index contributed by atoms with van der Waals surface area (Å²) in [4.78, 5) is 26.6. The van der Waals surface area contributed by atoms with Crippen LogP contribution in [0.15, 0.2) is 42.5 Å². The van der Waals surface area contributed by atoms with E-state index in [1.807, 2.05) is 38.1 Å². The number of carbonyl (C=O) groups excluding carboxylic acids is 2. The summed E-state index contributed by atoms with van der Waals surface area (Å²) in [6, 6.07) is 12.7. The van der Waals surface area contributed by atoms with Crippen molar-refractivity contribution < 1.29 is 28.5 Å². The number of anilines is 1. The number of amides is 1. The Kier molecular flexibility index (Phi) is 5.90. The lowest BCUT2D eigenvalue weighted by molar-refractivity contribution is -0.131. The molecule has 3 aromatic carbocycles. The van der Waals surface area contributed by atoms with E-state index >= 15 is 0 Å². The molecule has 1 amide bonds. The molecule has 166 valence electrons. The van der Waals surface area contributed by atoms with Crippen LogP contribution in [0.1, 0.15) is 36.7 Å². The van der Waals surface area contributed by atoms with Crippen molar-refractivity contribution in [3.8, 4) is 23.0 Å². The zero-order valence-corrected chi connectivity index (χ0v) is 18.6. The Morgan fingerprint density at radius 1 is 1.00 bits per heavy atom. The molecule has 32 heavy (non-hydrogen) atoms. The number of esters is 1. The Labute approximate surface area is 186 Å². The number of hydrogen-bond donors (Lipinski definition) is 0. The largest absolute Gasteiger partial charge is 0.494 e. The fraction of sp³-hybridized carbons (Fsp3) is 0.280. The molecule has 7 heteroatoms. The van der Waals surface area contributed by atoms with Crippen LogP contribution >= 0.6 is 0 Å². The molecule has 1 aliphatic rings. The molecule has 0 aromatic heterocycles. The molecule has 0 radical (unpaired) electrons. The number of methoxy groups -OCH3 is 1. The molecule has 4 rings (SSSR count). The van der Waals surface area contributed by atoms with E-state index in [0.717, 1.165) is 16.3 Å². The zero-order valence-electron chi connectivity index (χ0n) is 18.6. The van der Waals surface area contributed by atoms with E-state index in [9.17, 15) is 9.59 Å². The van der Waals surface area contributed by atoms with Crippen molar-refractivity contribution in [3.63, 3.8) is 0 Å². The van der Waals surface area contributed by atoms with Gasteiger partial charge in [0.05, 0.1) is 38.1 Å². The lowest BCUT2D eigenvalue weighted by Crippen LogP contribution is -2.24. The van der Waals surface area contributed by atoms with Gasteiger partial charge in [0.1, 0.15) is 23.0 Å². The second-order valence-corrected chi connectivity index (χ2v) is 7.24. The lowest BCUT2D eigenvalue weighted by atomic mass is 9.99. The number of carbonyl (C=O) groups is 2. The minimum absolute atomic E-state index is 0.200. The fourth-order valence-corrected chi connectivity index (χ4v) is 4.08. The molecule has 0 saturated carbocycles. The van der Waals surface area contributed by atoms with Gasteiger partial charge in [0.25, 0.3) is 5.91 Å². The van der Waals surface area contributed by atoms with Crippen LogP contribution in [0.25, 0.3) is 10.8 Å². The first-order valence-electron chi connectivity index (χ1n) is 10.5. The van der Waals surface area contributed by atoms with E-state index in [1.54, 1.807) is 23.1 Å². The number of nitrogens with zero attached hydrogens (tertiary/aromatic N) is 1. The summed E-state index contributed by atoms with van der Waals surface area (Å²) < 4.78 is 22.7. The Morgan fingerprint density at radius 3 is 2.28 bits per heavy atom. The van der Waals surface area contributed by atoms with Gasteiger partial charge >= 0.3 is 5.97 Å². The SMILES string of the molecule is CCOc1c2c(c(OCC)c3ccccc13)C(=O)N(c1ccc(OC(C)=O)cc1OC)C2. The summed E-state index contributed by atoms with van der Waals surface area (Å²) in [5.74, 6) is 1.38. The van der Waals surface area contributed by atoms with Gasteiger partial charge in [0.15, 0.2) is 0 Å². The first kappa shape index (κ1) is 21.5. The highest BCUT2D eigenvalue weighted by Crippen LogP contribution is 2.47. The zero-order chi connectivity index (χ0) is 22.8. The summed E-state index contributed by atoms with van der Waals surface area (Å²) in [6.07, 6.45) is 0. The highest BCUT2D eigenvalue weighted by atomic mass is 16.5. The number of ether oxygens (including phenoxy) is 4. The molecular formula is C25H25NO6. The molecule has 1 heterocycles. The Morgan fingerprint density at radius 2 is 1.66 bits per heavy atom. The third-order valence-electron chi connectivity index (χ3n) is 5.28. The lowest BCUT2D eigenvalue weighted by Gasteiger charge is -2.19. The minimum atomic E-state index is -0.432. The summed E-state index contributed by atoms with van der Waals surface area (Å²) >= 11 is 0. The van der Waals surface area contributed by atoms with E-state index in [4.69, 9.17) is 18.9 Å². The Hall–Kier alpha value is -3.74. The summed E-state index contributed by atoms with van der Waals surface area (Å²) in [6.45, 7) is 6.35. The van der Waals surface area contributed by atoms with Crippen LogP contribution in [0, 0.1) is 0 Å². The predicted molar refractivity (Wildman–Crippen MR) is 121 cm³/mol. The second-order valence-electron chi connectivity index (χ2n) is 7.24. The summed E-state index contributed by atoms with van der Waals surface area (Å²) in [7, 11) is 1.51. The van der Waals surface area contributed by atoms with Crippen LogP contribution in [0.5, 0.6) is 23.0 Å². The topological polar surface area (TPSA) is 74.3 Å². The average molecular weight is 435 g/mol. The van der Waals surface area contributed by atoms with E-state index < -0.39 is 5.97 Å². The van der Waals surface area contributed by atoms with Crippen molar-refractivity contribution in [1.82, 2.24) is 0 Å². The van der Waals surface area contributed by atoms with E-state index in [2.05, 4.69) is 0 Å². The van der Waals surface area contributed by atoms with Gasteiger partial charge in [0, 0.05) is 29.3 Å². The molecule has 3 aromatic rings. The van der Waals surface area contributed by atoms with Crippen molar-refractivity contribution >= 4 is 28.3 Å². The van der Waals surface area contributed by atoms with Crippen molar-refractivity contribution in [2.45, 2.75) is 27.3 Å². The van der Waals surface area contributed by atoms with E-state index in [1.165, 1.54) is 14.0 Å². The van der Waals surface area contributed by atoms with Crippen LogP contribution in [-0.4, -0.2) is 32.2 Å². The van der Waals surface area contributed by atoms with Gasteiger partial charge in [-0.2, -0.15) is 0 Å². The van der Waals surface area contributed by atoms with Crippen LogP contribution < -0.4 is 23.8 Å². The average Bonchev–Trinajstić information content (AvgIpc) is 3.12. The van der Waals surface area contributed by atoms with Crippen molar-refractivity contribution in [3.05, 3.63) is 53.6 Å². The van der Waals surface area contributed by atoms with Crippen molar-refractivity contribution in [2.24, 2.45) is 0 Å². The third kappa shape index (κ3) is 3.60. The quantitative estimate of drug-likeness (QED) is 0.395. The molecule has 7 nitrogen and oxygen atoms in total. The Bertz CT molecular complexity index is 1200. The van der Waals surface area contributed by atoms with Gasteiger partial charge in [-0.15, -0.1) is 0 Å². The van der Waals surface area contributed by atoms with E-state index in [0.29, 0.717) is 54.0 Å². The first-order chi connectivity index (χ1) is 15.5. The molecule has 0 saturated heterocycles. The summed E-state index contributed by atoms with van der Waals surface area (Å²) in [5.41, 5.74) is 1.85. The standard InChI is InChI=1S/C25H25NO6/c1-5-30-23-17-9-7-8-10-18(17)24(31-6-2)22-19(23)14-26(25(22)28)20-12-11-16(32-15(3)27)13-21(20)29-4/h7-13H,5-6,14H2,1-4H3. The van der Waals surface area contributed by atoms with E-state index in [-0.39, 0.29) is 5.91 Å². The Balaban J connectivity index is 1.88. The second kappa shape index (κ2) is 8.78. The number of hydrogen-bond acceptors (Lipinski definition) is 6. The molecule has 1 aliphatic heterocycles. The normalized spacial score (nSPS) is 12.6. The third-order valence-corrected chi connectivity index (χ3v) is 5.28. The monoisotopic (exact) mass is 435 g/mol. The highest BCUT2D eigenvalue weighted by Gasteiger charge is 2.37. The maximum absolute atomic E-state index is 13.7. The van der Waals surface area contributed by atoms with Crippen LogP contribution in [0.3, 0.4) is 0 Å². The van der Waals surface area contributed by atoms with Gasteiger partial charge in [0.2, 0.25) is 0 Å². The molecular weight excluding hydrogens is 410 g/mol. The van der Waals surface area contributed by atoms with Gasteiger partial charge in [-0.3, -0.25) is 9.59 Å². The first-order valence-corrected chi connectivity index (χ1v) is 10.5. The van der Waals surface area contributed by atoms with Gasteiger partial charge in [-0.1, -0.05) is 24.3 Å². The molecule has 0 spiro atoms. The fourth-order valence-electron chi connectivity index (χ4n) is 4.08. The molecule has 0 fully saturated rings. The number of fused-ring (bicyclic) bond motifs is 2. The smallest absolute Gasteiger partial charge is 0.308 e. The van der Waals surface area contributed by atoms with Crippen molar-refractivity contribution in [2.75, 3.05) is 25.2 Å². The molecule has 0 aliphatic carbocycles. The molecule has 0 N–H and O–H groups in total. The number of benzene rings is 3. The highest BCUT2D eigenvalue weighted by molar-refractivity contribution is 6.17. The molecule has 0 atom stereocenters. The van der Waals surface area contributed by atoms with Gasteiger partial charge in [-0.25, -0.2) is 0 Å².